The number of oxime groups is 1. The number of halogens is 2. The van der Waals surface area contributed by atoms with Gasteiger partial charge < -0.3 is 9.94 Å². The first-order valence-corrected chi connectivity index (χ1v) is 8.34. The topological polar surface area (TPSA) is 84.9 Å². The van der Waals surface area contributed by atoms with Crippen LogP contribution in [0.4, 0.5) is 8.78 Å². The summed E-state index contributed by atoms with van der Waals surface area (Å²) in [5.74, 6) is -1.78. The van der Waals surface area contributed by atoms with Crippen molar-refractivity contribution in [2.45, 2.75) is 13.0 Å². The zero-order chi connectivity index (χ0) is 19.8. The first-order chi connectivity index (χ1) is 13.5. The molecule has 1 unspecified atom stereocenters. The molecule has 0 aliphatic rings. The first-order valence-electron chi connectivity index (χ1n) is 8.34. The van der Waals surface area contributed by atoms with Gasteiger partial charge in [-0.05, 0) is 31.2 Å². The van der Waals surface area contributed by atoms with Crippen molar-refractivity contribution in [1.29, 1.82) is 0 Å². The van der Waals surface area contributed by atoms with E-state index in [-0.39, 0.29) is 16.6 Å². The zero-order valence-electron chi connectivity index (χ0n) is 15.0. The van der Waals surface area contributed by atoms with Gasteiger partial charge in [0, 0.05) is 17.6 Å². The van der Waals surface area contributed by atoms with Crippen LogP contribution in [-0.4, -0.2) is 37.5 Å². The maximum atomic E-state index is 15.0. The summed E-state index contributed by atoms with van der Waals surface area (Å²) < 4.78 is 30.9. The number of aliphatic hydroxyl groups is 1. The summed E-state index contributed by atoms with van der Waals surface area (Å²) in [5.41, 5.74) is 1.15. The van der Waals surface area contributed by atoms with Crippen molar-refractivity contribution in [2.24, 2.45) is 5.16 Å². The van der Waals surface area contributed by atoms with Gasteiger partial charge in [0.2, 0.25) is 0 Å². The van der Waals surface area contributed by atoms with Crippen molar-refractivity contribution >= 4 is 22.3 Å². The second-order valence-corrected chi connectivity index (χ2v) is 6.09. The predicted octanol–water partition coefficient (Wildman–Crippen LogP) is 3.01. The molecule has 4 aromatic rings. The van der Waals surface area contributed by atoms with E-state index >= 15 is 0 Å². The van der Waals surface area contributed by atoms with Crippen LogP contribution in [0.25, 0.3) is 16.6 Å². The van der Waals surface area contributed by atoms with E-state index in [0.29, 0.717) is 17.1 Å². The Labute approximate surface area is 157 Å². The second kappa shape index (κ2) is 6.93. The van der Waals surface area contributed by atoms with E-state index in [4.69, 9.17) is 4.84 Å². The lowest BCUT2D eigenvalue weighted by Gasteiger charge is -2.14. The Morgan fingerprint density at radius 2 is 2.07 bits per heavy atom. The molecule has 142 valence electrons. The molecule has 0 bridgehead atoms. The summed E-state index contributed by atoms with van der Waals surface area (Å²) in [4.78, 5) is 12.8. The van der Waals surface area contributed by atoms with Crippen molar-refractivity contribution in [3.05, 3.63) is 71.3 Å². The zero-order valence-corrected chi connectivity index (χ0v) is 15.0. The first kappa shape index (κ1) is 17.9. The monoisotopic (exact) mass is 383 g/mol. The van der Waals surface area contributed by atoms with Crippen LogP contribution in [0.15, 0.2) is 47.9 Å². The fourth-order valence-electron chi connectivity index (χ4n) is 3.02. The fraction of sp³-hybridized carbons (Fsp3) is 0.158. The number of rotatable bonds is 4. The highest BCUT2D eigenvalue weighted by atomic mass is 19.1. The minimum absolute atomic E-state index is 0.114. The lowest BCUT2D eigenvalue weighted by Crippen LogP contribution is -2.12. The van der Waals surface area contributed by atoms with Crippen molar-refractivity contribution in [3.63, 3.8) is 0 Å². The summed E-state index contributed by atoms with van der Waals surface area (Å²) in [7, 11) is 1.41. The van der Waals surface area contributed by atoms with Crippen LogP contribution in [0.5, 0.6) is 0 Å². The summed E-state index contributed by atoms with van der Waals surface area (Å²) in [6, 6.07) is 7.44. The van der Waals surface area contributed by atoms with E-state index in [0.717, 1.165) is 6.07 Å². The number of nitrogens with zero attached hydrogens (tertiary/aromatic N) is 5. The number of imidazole rings is 1. The quantitative estimate of drug-likeness (QED) is 0.433. The summed E-state index contributed by atoms with van der Waals surface area (Å²) in [6.45, 7) is 1.69. The van der Waals surface area contributed by atoms with Crippen LogP contribution in [0.3, 0.4) is 0 Å². The van der Waals surface area contributed by atoms with Crippen LogP contribution in [0.2, 0.25) is 0 Å². The molecule has 28 heavy (non-hydrogen) atoms. The fourth-order valence-corrected chi connectivity index (χ4v) is 3.02. The highest BCUT2D eigenvalue weighted by Crippen LogP contribution is 2.31. The van der Waals surface area contributed by atoms with Gasteiger partial charge in [-0.3, -0.25) is 4.98 Å². The lowest BCUT2D eigenvalue weighted by atomic mass is 10.0. The Kier molecular flexibility index (Phi) is 4.44. The molecule has 0 fully saturated rings. The highest BCUT2D eigenvalue weighted by molar-refractivity contribution is 5.96. The van der Waals surface area contributed by atoms with Crippen LogP contribution >= 0.6 is 0 Å². The van der Waals surface area contributed by atoms with Crippen LogP contribution in [0.1, 0.15) is 30.0 Å². The van der Waals surface area contributed by atoms with Crippen LogP contribution in [0, 0.1) is 11.6 Å². The Bertz CT molecular complexity index is 1220. The number of fused-ring (bicyclic) bond motifs is 2. The van der Waals surface area contributed by atoms with Crippen molar-refractivity contribution in [2.75, 3.05) is 7.11 Å². The van der Waals surface area contributed by atoms with E-state index in [1.165, 1.54) is 30.1 Å². The number of pyridine rings is 1. The molecule has 0 saturated carbocycles. The molecule has 1 aromatic carbocycles. The standard InChI is InChI=1S/C19H15F2N5O2/c1-10(25-28-2)13-5-6-16-23-9-15(26(16)24-13)19(27)17-12(20)8-14-11(18(17)21)4-3-7-22-14/h3-9,19,27H,1-2H3. The maximum Gasteiger partial charge on any atom is 0.153 e. The van der Waals surface area contributed by atoms with E-state index in [1.54, 1.807) is 25.1 Å². The smallest absolute Gasteiger partial charge is 0.153 e. The number of aromatic nitrogens is 4. The second-order valence-electron chi connectivity index (χ2n) is 6.09. The maximum absolute atomic E-state index is 15.0. The molecule has 0 radical (unpaired) electrons. The Morgan fingerprint density at radius 1 is 1.25 bits per heavy atom. The normalized spacial score (nSPS) is 13.2. The Balaban J connectivity index is 1.88. The molecular weight excluding hydrogens is 368 g/mol. The third kappa shape index (κ3) is 2.85. The molecule has 3 aromatic heterocycles. The van der Waals surface area contributed by atoms with E-state index in [2.05, 4.69) is 20.2 Å². The van der Waals surface area contributed by atoms with Crippen LogP contribution < -0.4 is 0 Å². The van der Waals surface area contributed by atoms with Gasteiger partial charge in [-0.15, -0.1) is 0 Å². The van der Waals surface area contributed by atoms with Gasteiger partial charge >= 0.3 is 0 Å². The molecule has 0 saturated heterocycles. The van der Waals surface area contributed by atoms with Crippen LogP contribution in [-0.2, 0) is 4.84 Å². The molecule has 0 amide bonds. The number of hydrogen-bond donors (Lipinski definition) is 1. The number of aliphatic hydroxyl groups excluding tert-OH is 1. The summed E-state index contributed by atoms with van der Waals surface area (Å²) in [6.07, 6.45) is 1.14. The average molecular weight is 383 g/mol. The van der Waals surface area contributed by atoms with Crippen molar-refractivity contribution < 1.29 is 18.7 Å². The van der Waals surface area contributed by atoms with Gasteiger partial charge in [0.15, 0.2) is 5.65 Å². The van der Waals surface area contributed by atoms with E-state index in [1.807, 2.05) is 0 Å². The predicted molar refractivity (Wildman–Crippen MR) is 97.9 cm³/mol. The molecular formula is C19H15F2N5O2. The SMILES string of the molecule is CON=C(C)c1ccc2ncc(C(O)c3c(F)cc4ncccc4c3F)n2n1. The lowest BCUT2D eigenvalue weighted by molar-refractivity contribution is 0.202. The summed E-state index contributed by atoms with van der Waals surface area (Å²) in [5, 5.41) is 19.1. The third-order valence-electron chi connectivity index (χ3n) is 4.37. The minimum Gasteiger partial charge on any atom is -0.399 e. The van der Waals surface area contributed by atoms with Gasteiger partial charge in [-0.1, -0.05) is 5.16 Å². The molecule has 7 nitrogen and oxygen atoms in total. The molecule has 0 spiro atoms. The number of hydrogen-bond acceptors (Lipinski definition) is 6. The third-order valence-corrected chi connectivity index (χ3v) is 4.37. The molecule has 4 rings (SSSR count). The average Bonchev–Trinajstić information content (AvgIpc) is 3.11. The molecule has 3 heterocycles. The minimum atomic E-state index is -1.62. The summed E-state index contributed by atoms with van der Waals surface area (Å²) >= 11 is 0. The number of benzene rings is 1. The van der Waals surface area contributed by atoms with Gasteiger partial charge in [0.1, 0.15) is 36.3 Å². The van der Waals surface area contributed by atoms with E-state index in [9.17, 15) is 13.9 Å². The van der Waals surface area contributed by atoms with Crippen molar-refractivity contribution in [3.8, 4) is 0 Å². The molecule has 0 aliphatic heterocycles. The molecule has 1 N–H and O–H groups in total. The molecule has 0 aliphatic carbocycles. The Hall–Kier alpha value is -3.46. The van der Waals surface area contributed by atoms with Crippen molar-refractivity contribution in [1.82, 2.24) is 19.6 Å². The van der Waals surface area contributed by atoms with Gasteiger partial charge in [-0.25, -0.2) is 18.3 Å². The van der Waals surface area contributed by atoms with Gasteiger partial charge in [0.25, 0.3) is 0 Å². The largest absolute Gasteiger partial charge is 0.399 e. The van der Waals surface area contributed by atoms with Gasteiger partial charge in [0.05, 0.1) is 23.0 Å². The van der Waals surface area contributed by atoms with E-state index < -0.39 is 23.3 Å². The van der Waals surface area contributed by atoms with Gasteiger partial charge in [-0.2, -0.15) is 5.10 Å². The molecule has 1 atom stereocenters. The highest BCUT2D eigenvalue weighted by Gasteiger charge is 2.25. The molecule has 9 heteroatoms. The Morgan fingerprint density at radius 3 is 2.86 bits per heavy atom.